The Morgan fingerprint density at radius 3 is 2.80 bits per heavy atom. The van der Waals surface area contributed by atoms with Crippen LogP contribution < -0.4 is 4.74 Å². The van der Waals surface area contributed by atoms with Crippen molar-refractivity contribution >= 4 is 11.9 Å². The molecule has 15 heavy (non-hydrogen) atoms. The van der Waals surface area contributed by atoms with Crippen LogP contribution >= 0.6 is 11.9 Å². The van der Waals surface area contributed by atoms with Crippen molar-refractivity contribution in [1.29, 1.82) is 0 Å². The monoisotopic (exact) mass is 226 g/mol. The lowest BCUT2D eigenvalue weighted by Gasteiger charge is -2.25. The molecule has 0 atom stereocenters. The Morgan fingerprint density at radius 2 is 2.20 bits per heavy atom. The Kier molecular flexibility index (Phi) is 3.82. The summed E-state index contributed by atoms with van der Waals surface area (Å²) in [5.74, 6) is 0.654. The lowest BCUT2D eigenvalue weighted by Crippen LogP contribution is -2.30. The zero-order valence-electron chi connectivity index (χ0n) is 8.68. The van der Waals surface area contributed by atoms with Gasteiger partial charge in [-0.25, -0.2) is 9.29 Å². The molecule has 4 nitrogen and oxygen atoms in total. The van der Waals surface area contributed by atoms with Crippen LogP contribution in [0.25, 0.3) is 0 Å². The topological polar surface area (TPSA) is 34.6 Å². The highest BCUT2D eigenvalue weighted by Crippen LogP contribution is 2.23. The summed E-state index contributed by atoms with van der Waals surface area (Å²) in [7, 11) is 1.62. The van der Waals surface area contributed by atoms with Crippen LogP contribution in [0, 0.1) is 0 Å². The number of aromatic nitrogens is 1. The molecule has 0 N–H and O–H groups in total. The van der Waals surface area contributed by atoms with Crippen LogP contribution in [0.5, 0.6) is 5.88 Å². The second-order valence-electron chi connectivity index (χ2n) is 3.17. The van der Waals surface area contributed by atoms with Gasteiger partial charge in [-0.2, -0.15) is 0 Å². The van der Waals surface area contributed by atoms with Gasteiger partial charge in [0, 0.05) is 30.2 Å². The number of hydrogen-bond acceptors (Lipinski definition) is 5. The van der Waals surface area contributed by atoms with E-state index in [0.29, 0.717) is 5.88 Å². The Labute approximate surface area is 93.7 Å². The third kappa shape index (κ3) is 3.09. The van der Waals surface area contributed by atoms with Gasteiger partial charge < -0.3 is 9.47 Å². The van der Waals surface area contributed by atoms with Gasteiger partial charge in [0.15, 0.2) is 0 Å². The first kappa shape index (κ1) is 10.7. The number of ether oxygens (including phenoxy) is 2. The van der Waals surface area contributed by atoms with Crippen LogP contribution in [0.15, 0.2) is 23.2 Å². The van der Waals surface area contributed by atoms with Crippen molar-refractivity contribution in [1.82, 2.24) is 9.29 Å². The predicted molar refractivity (Wildman–Crippen MR) is 59.0 cm³/mol. The average Bonchev–Trinajstić information content (AvgIpc) is 2.31. The maximum atomic E-state index is 5.28. The molecule has 1 saturated heterocycles. The normalized spacial score (nSPS) is 17.7. The van der Waals surface area contributed by atoms with E-state index in [2.05, 4.69) is 9.29 Å². The van der Waals surface area contributed by atoms with Gasteiger partial charge in [0.25, 0.3) is 0 Å². The molecule has 0 aromatic carbocycles. The van der Waals surface area contributed by atoms with E-state index in [1.807, 2.05) is 18.3 Å². The highest BCUT2D eigenvalue weighted by Gasteiger charge is 2.11. The SMILES string of the molecule is COc1ccc(SN2CCOCC2)cn1. The molecule has 1 aliphatic heterocycles. The summed E-state index contributed by atoms with van der Waals surface area (Å²) in [6.07, 6.45) is 1.83. The molecular weight excluding hydrogens is 212 g/mol. The van der Waals surface area contributed by atoms with E-state index in [0.717, 1.165) is 31.2 Å². The zero-order valence-corrected chi connectivity index (χ0v) is 9.50. The highest BCUT2D eigenvalue weighted by molar-refractivity contribution is 7.97. The van der Waals surface area contributed by atoms with Gasteiger partial charge in [-0.1, -0.05) is 0 Å². The Bertz CT molecular complexity index is 299. The minimum atomic E-state index is 0.654. The standard InChI is InChI=1S/C10H14N2O2S/c1-13-10-3-2-9(8-11-10)15-12-4-6-14-7-5-12/h2-3,8H,4-7H2,1H3. The van der Waals surface area contributed by atoms with Crippen LogP contribution in [0.2, 0.25) is 0 Å². The number of morpholine rings is 1. The van der Waals surface area contributed by atoms with E-state index in [1.54, 1.807) is 19.1 Å². The highest BCUT2D eigenvalue weighted by atomic mass is 32.2. The summed E-state index contributed by atoms with van der Waals surface area (Å²) in [4.78, 5) is 5.30. The molecule has 2 rings (SSSR count). The lowest BCUT2D eigenvalue weighted by atomic mass is 10.5. The Balaban J connectivity index is 1.91. The third-order valence-corrected chi connectivity index (χ3v) is 3.20. The first-order chi connectivity index (χ1) is 7.38. The summed E-state index contributed by atoms with van der Waals surface area (Å²) < 4.78 is 12.6. The van der Waals surface area contributed by atoms with Crippen LogP contribution in [-0.2, 0) is 4.74 Å². The van der Waals surface area contributed by atoms with Crippen LogP contribution in [-0.4, -0.2) is 42.7 Å². The lowest BCUT2D eigenvalue weighted by molar-refractivity contribution is 0.0773. The molecule has 1 aromatic rings. The second-order valence-corrected chi connectivity index (χ2v) is 4.34. The van der Waals surface area contributed by atoms with Gasteiger partial charge in [0.2, 0.25) is 5.88 Å². The Hall–Kier alpha value is -0.780. The minimum absolute atomic E-state index is 0.654. The van der Waals surface area contributed by atoms with Crippen molar-refractivity contribution in [3.05, 3.63) is 18.3 Å². The molecule has 0 spiro atoms. The number of rotatable bonds is 3. The van der Waals surface area contributed by atoms with E-state index < -0.39 is 0 Å². The quantitative estimate of drug-likeness (QED) is 0.728. The fourth-order valence-electron chi connectivity index (χ4n) is 1.33. The third-order valence-electron chi connectivity index (χ3n) is 2.12. The van der Waals surface area contributed by atoms with Crippen molar-refractivity contribution in [2.45, 2.75) is 4.90 Å². The number of nitrogens with zero attached hydrogens (tertiary/aromatic N) is 2. The van der Waals surface area contributed by atoms with Crippen molar-refractivity contribution < 1.29 is 9.47 Å². The maximum absolute atomic E-state index is 5.28. The molecule has 1 aromatic heterocycles. The molecule has 2 heterocycles. The molecule has 0 radical (unpaired) electrons. The van der Waals surface area contributed by atoms with Gasteiger partial charge >= 0.3 is 0 Å². The van der Waals surface area contributed by atoms with Gasteiger partial charge in [-0.15, -0.1) is 0 Å². The molecule has 0 amide bonds. The number of hydrogen-bond donors (Lipinski definition) is 0. The van der Waals surface area contributed by atoms with E-state index in [-0.39, 0.29) is 0 Å². The van der Waals surface area contributed by atoms with Crippen LogP contribution in [0.4, 0.5) is 0 Å². The first-order valence-electron chi connectivity index (χ1n) is 4.89. The van der Waals surface area contributed by atoms with E-state index in [4.69, 9.17) is 9.47 Å². The van der Waals surface area contributed by atoms with E-state index in [1.165, 1.54) is 0 Å². The van der Waals surface area contributed by atoms with Gasteiger partial charge in [-0.05, 0) is 18.0 Å². The van der Waals surface area contributed by atoms with Crippen LogP contribution in [0.1, 0.15) is 0 Å². The van der Waals surface area contributed by atoms with E-state index >= 15 is 0 Å². The van der Waals surface area contributed by atoms with Gasteiger partial charge in [-0.3, -0.25) is 0 Å². The number of pyridine rings is 1. The smallest absolute Gasteiger partial charge is 0.212 e. The van der Waals surface area contributed by atoms with Gasteiger partial charge in [0.1, 0.15) is 0 Å². The second kappa shape index (κ2) is 5.34. The van der Waals surface area contributed by atoms with Crippen molar-refractivity contribution in [3.63, 3.8) is 0 Å². The minimum Gasteiger partial charge on any atom is -0.481 e. The van der Waals surface area contributed by atoms with Crippen LogP contribution in [0.3, 0.4) is 0 Å². The van der Waals surface area contributed by atoms with E-state index in [9.17, 15) is 0 Å². The first-order valence-corrected chi connectivity index (χ1v) is 5.66. The summed E-state index contributed by atoms with van der Waals surface area (Å²) in [5, 5.41) is 0. The number of methoxy groups -OCH3 is 1. The Morgan fingerprint density at radius 1 is 1.40 bits per heavy atom. The molecular formula is C10H14N2O2S. The molecule has 0 saturated carbocycles. The molecule has 0 bridgehead atoms. The summed E-state index contributed by atoms with van der Waals surface area (Å²) >= 11 is 1.72. The fraction of sp³-hybridized carbons (Fsp3) is 0.500. The largest absolute Gasteiger partial charge is 0.481 e. The average molecular weight is 226 g/mol. The van der Waals surface area contributed by atoms with Gasteiger partial charge in [0.05, 0.1) is 20.3 Å². The van der Waals surface area contributed by atoms with Crippen molar-refractivity contribution in [2.75, 3.05) is 33.4 Å². The molecule has 0 unspecified atom stereocenters. The predicted octanol–water partition coefficient (Wildman–Crippen LogP) is 1.43. The molecule has 82 valence electrons. The molecule has 1 fully saturated rings. The van der Waals surface area contributed by atoms with Crippen molar-refractivity contribution in [2.24, 2.45) is 0 Å². The molecule has 0 aliphatic carbocycles. The van der Waals surface area contributed by atoms with Crippen molar-refractivity contribution in [3.8, 4) is 5.88 Å². The maximum Gasteiger partial charge on any atom is 0.212 e. The summed E-state index contributed by atoms with van der Waals surface area (Å²) in [5.41, 5.74) is 0. The summed E-state index contributed by atoms with van der Waals surface area (Å²) in [6.45, 7) is 3.57. The molecule has 5 heteroatoms. The summed E-state index contributed by atoms with van der Waals surface area (Å²) in [6, 6.07) is 3.90. The fourth-order valence-corrected chi connectivity index (χ4v) is 2.19. The zero-order chi connectivity index (χ0) is 10.5. The molecule has 1 aliphatic rings.